The first-order valence-electron chi connectivity index (χ1n) is 17.1. The Kier molecular flexibility index (Phi) is 5.95. The predicted octanol–water partition coefficient (Wildman–Crippen LogP) is 12.9. The van der Waals surface area contributed by atoms with E-state index in [1.165, 1.54) is 65.6 Å². The monoisotopic (exact) mass is 626 g/mol. The number of rotatable bonds is 4. The lowest BCUT2D eigenvalue weighted by Crippen LogP contribution is -2.16. The Hall–Kier alpha value is -6.12. The largest absolute Gasteiger partial charge is 0.310 e. The normalized spacial score (nSPS) is 13.3. The Morgan fingerprint density at radius 2 is 1.12 bits per heavy atom. The van der Waals surface area contributed by atoms with Crippen molar-refractivity contribution in [2.24, 2.45) is 0 Å². The molecule has 1 heterocycles. The highest BCUT2D eigenvalue weighted by atomic mass is 15.1. The summed E-state index contributed by atoms with van der Waals surface area (Å²) in [5.74, 6) is 0. The number of aromatic nitrogens is 1. The van der Waals surface area contributed by atoms with E-state index in [1.54, 1.807) is 0 Å². The van der Waals surface area contributed by atoms with Crippen LogP contribution >= 0.6 is 0 Å². The van der Waals surface area contributed by atoms with Crippen LogP contribution in [0.15, 0.2) is 170 Å². The highest BCUT2D eigenvalue weighted by molar-refractivity contribution is 6.19. The highest BCUT2D eigenvalue weighted by Crippen LogP contribution is 2.51. The molecular weight excluding hydrogens is 593 g/mol. The van der Waals surface area contributed by atoms with Gasteiger partial charge in [0.25, 0.3) is 0 Å². The summed E-state index contributed by atoms with van der Waals surface area (Å²) in [4.78, 5) is 2.46. The van der Waals surface area contributed by atoms with Crippen LogP contribution in [0.1, 0.15) is 25.0 Å². The first-order chi connectivity index (χ1) is 24.1. The second kappa shape index (κ2) is 10.4. The Bertz CT molecular complexity index is 2750. The van der Waals surface area contributed by atoms with Crippen LogP contribution in [-0.2, 0) is 5.41 Å². The second-order valence-corrected chi connectivity index (χ2v) is 13.8. The van der Waals surface area contributed by atoms with E-state index in [-0.39, 0.29) is 5.41 Å². The van der Waals surface area contributed by atoms with Crippen molar-refractivity contribution in [3.8, 4) is 16.8 Å². The molecule has 232 valence electrons. The Labute approximate surface area is 286 Å². The molecule has 0 unspecified atom stereocenters. The molecule has 0 saturated heterocycles. The molecule has 0 aliphatic heterocycles. The molecule has 0 bridgehead atoms. The van der Waals surface area contributed by atoms with Crippen LogP contribution in [0.4, 0.5) is 17.1 Å². The first-order valence-corrected chi connectivity index (χ1v) is 17.1. The van der Waals surface area contributed by atoms with Crippen molar-refractivity contribution in [2.45, 2.75) is 19.3 Å². The molecule has 0 fully saturated rings. The second-order valence-electron chi connectivity index (χ2n) is 13.8. The lowest BCUT2D eigenvalue weighted by atomic mass is 9.82. The zero-order valence-corrected chi connectivity index (χ0v) is 27.6. The van der Waals surface area contributed by atoms with Gasteiger partial charge in [0, 0.05) is 33.2 Å². The molecule has 9 aromatic rings. The summed E-state index contributed by atoms with van der Waals surface area (Å²) in [6, 6.07) is 62.5. The van der Waals surface area contributed by atoms with Gasteiger partial charge in [-0.3, -0.25) is 0 Å². The molecule has 0 spiro atoms. The number of anilines is 3. The topological polar surface area (TPSA) is 8.17 Å². The maximum Gasteiger partial charge on any atom is 0.0562 e. The fourth-order valence-corrected chi connectivity index (χ4v) is 8.35. The van der Waals surface area contributed by atoms with Gasteiger partial charge in [0.05, 0.1) is 16.7 Å². The molecule has 1 aromatic heterocycles. The third-order valence-corrected chi connectivity index (χ3v) is 10.7. The van der Waals surface area contributed by atoms with Crippen LogP contribution < -0.4 is 4.90 Å². The SMILES string of the molecule is CC1(C)c2ccccc2-c2ccc(N(c3ccccc3)c3cccc4c3c3cc5ccccc5cc3n4-c3ccc4ccccc4c3)cc21. The van der Waals surface area contributed by atoms with E-state index in [2.05, 4.69) is 193 Å². The summed E-state index contributed by atoms with van der Waals surface area (Å²) in [6.45, 7) is 4.72. The van der Waals surface area contributed by atoms with Gasteiger partial charge >= 0.3 is 0 Å². The van der Waals surface area contributed by atoms with Crippen LogP contribution in [0.25, 0.3) is 60.2 Å². The molecule has 1 aliphatic rings. The quantitative estimate of drug-likeness (QED) is 0.189. The standard InChI is InChI=1S/C47H34N2/c1-47(2)41-20-11-10-19-38(41)39-26-25-37(30-42(39)47)48(35-17-4-3-5-18-35)43-21-12-22-44-46(43)40-28-33-15-8-9-16-34(33)29-45(40)49(44)36-24-23-31-13-6-7-14-32(31)27-36/h3-30H,1-2H3. The Morgan fingerprint density at radius 3 is 1.94 bits per heavy atom. The maximum absolute atomic E-state index is 2.46. The zero-order chi connectivity index (χ0) is 32.7. The van der Waals surface area contributed by atoms with Crippen molar-refractivity contribution < 1.29 is 0 Å². The fourth-order valence-electron chi connectivity index (χ4n) is 8.35. The van der Waals surface area contributed by atoms with E-state index in [0.717, 1.165) is 22.7 Å². The van der Waals surface area contributed by atoms with Crippen molar-refractivity contribution >= 4 is 60.4 Å². The van der Waals surface area contributed by atoms with E-state index >= 15 is 0 Å². The number of fused-ring (bicyclic) bond motifs is 8. The number of benzene rings is 8. The van der Waals surface area contributed by atoms with Gasteiger partial charge in [-0.1, -0.05) is 123 Å². The average Bonchev–Trinajstić information content (AvgIpc) is 3.59. The zero-order valence-electron chi connectivity index (χ0n) is 27.6. The van der Waals surface area contributed by atoms with Crippen molar-refractivity contribution in [1.29, 1.82) is 0 Å². The third kappa shape index (κ3) is 4.14. The van der Waals surface area contributed by atoms with Gasteiger partial charge in [-0.25, -0.2) is 0 Å². The highest BCUT2D eigenvalue weighted by Gasteiger charge is 2.36. The average molecular weight is 627 g/mol. The van der Waals surface area contributed by atoms with Crippen molar-refractivity contribution in [1.82, 2.24) is 4.57 Å². The van der Waals surface area contributed by atoms with Crippen LogP contribution in [0.3, 0.4) is 0 Å². The molecule has 2 nitrogen and oxygen atoms in total. The molecule has 8 aromatic carbocycles. The number of nitrogens with zero attached hydrogens (tertiary/aromatic N) is 2. The van der Waals surface area contributed by atoms with Crippen LogP contribution in [-0.4, -0.2) is 4.57 Å². The van der Waals surface area contributed by atoms with Gasteiger partial charge in [0.2, 0.25) is 0 Å². The molecule has 0 amide bonds. The molecule has 0 N–H and O–H groups in total. The smallest absolute Gasteiger partial charge is 0.0562 e. The lowest BCUT2D eigenvalue weighted by Gasteiger charge is -2.29. The molecule has 0 saturated carbocycles. The van der Waals surface area contributed by atoms with Crippen molar-refractivity contribution in [2.75, 3.05) is 4.90 Å². The molecule has 49 heavy (non-hydrogen) atoms. The molecule has 2 heteroatoms. The minimum Gasteiger partial charge on any atom is -0.310 e. The van der Waals surface area contributed by atoms with Gasteiger partial charge in [0.15, 0.2) is 0 Å². The Balaban J connectivity index is 1.28. The third-order valence-electron chi connectivity index (χ3n) is 10.7. The lowest BCUT2D eigenvalue weighted by molar-refractivity contribution is 0.660. The van der Waals surface area contributed by atoms with Crippen molar-refractivity contribution in [3.63, 3.8) is 0 Å². The van der Waals surface area contributed by atoms with Gasteiger partial charge in [0.1, 0.15) is 0 Å². The first kappa shape index (κ1) is 27.9. The minimum absolute atomic E-state index is 0.0959. The molecule has 10 rings (SSSR count). The summed E-state index contributed by atoms with van der Waals surface area (Å²) in [7, 11) is 0. The summed E-state index contributed by atoms with van der Waals surface area (Å²) >= 11 is 0. The molecule has 0 radical (unpaired) electrons. The number of para-hydroxylation sites is 1. The number of hydrogen-bond donors (Lipinski definition) is 0. The van der Waals surface area contributed by atoms with Crippen LogP contribution in [0, 0.1) is 0 Å². The maximum atomic E-state index is 2.46. The predicted molar refractivity (Wildman–Crippen MR) is 208 cm³/mol. The van der Waals surface area contributed by atoms with Gasteiger partial charge in [-0.15, -0.1) is 0 Å². The summed E-state index contributed by atoms with van der Waals surface area (Å²) in [5, 5.41) is 7.44. The van der Waals surface area contributed by atoms with Gasteiger partial charge in [-0.2, -0.15) is 0 Å². The summed E-state index contributed by atoms with van der Waals surface area (Å²) in [5.41, 5.74) is 12.3. The molecular formula is C47H34N2. The van der Waals surface area contributed by atoms with Crippen LogP contribution in [0.2, 0.25) is 0 Å². The fraction of sp³-hybridized carbons (Fsp3) is 0.0638. The van der Waals surface area contributed by atoms with Crippen LogP contribution in [0.5, 0.6) is 0 Å². The van der Waals surface area contributed by atoms with E-state index in [0.29, 0.717) is 0 Å². The van der Waals surface area contributed by atoms with E-state index < -0.39 is 0 Å². The Morgan fingerprint density at radius 1 is 0.449 bits per heavy atom. The van der Waals surface area contributed by atoms with E-state index in [9.17, 15) is 0 Å². The minimum atomic E-state index is -0.0959. The van der Waals surface area contributed by atoms with E-state index in [4.69, 9.17) is 0 Å². The molecule has 0 atom stereocenters. The van der Waals surface area contributed by atoms with Crippen molar-refractivity contribution in [3.05, 3.63) is 181 Å². The van der Waals surface area contributed by atoms with Gasteiger partial charge < -0.3 is 9.47 Å². The number of hydrogen-bond acceptors (Lipinski definition) is 1. The van der Waals surface area contributed by atoms with E-state index in [1.807, 2.05) is 0 Å². The summed E-state index contributed by atoms with van der Waals surface area (Å²) < 4.78 is 2.46. The summed E-state index contributed by atoms with van der Waals surface area (Å²) in [6.07, 6.45) is 0. The molecule has 1 aliphatic carbocycles. The van der Waals surface area contributed by atoms with Gasteiger partial charge in [-0.05, 0) is 104 Å².